The topological polar surface area (TPSA) is 9.23 Å². The van der Waals surface area contributed by atoms with E-state index in [1.54, 1.807) is 0 Å². The van der Waals surface area contributed by atoms with E-state index in [1.165, 1.54) is 24.0 Å². The standard InChI is InChI=1S/C17H18BrClO/c18-12-2-1-3-13-20-17-10-6-15(7-11-17)14-4-8-16(19)9-5-14/h4-11H,1-3,12-13H2. The molecule has 0 aliphatic heterocycles. The highest BCUT2D eigenvalue weighted by atomic mass is 79.9. The van der Waals surface area contributed by atoms with Gasteiger partial charge in [-0.25, -0.2) is 0 Å². The van der Waals surface area contributed by atoms with Crippen LogP contribution >= 0.6 is 27.5 Å². The van der Waals surface area contributed by atoms with Crippen molar-refractivity contribution < 1.29 is 4.74 Å². The Morgan fingerprint density at radius 3 is 2.00 bits per heavy atom. The summed E-state index contributed by atoms with van der Waals surface area (Å²) >= 11 is 9.33. The van der Waals surface area contributed by atoms with Gasteiger partial charge in [-0.3, -0.25) is 0 Å². The molecule has 2 rings (SSSR count). The summed E-state index contributed by atoms with van der Waals surface area (Å²) in [5.74, 6) is 0.932. The lowest BCUT2D eigenvalue weighted by atomic mass is 10.1. The first-order valence-electron chi connectivity index (χ1n) is 6.84. The molecule has 0 saturated carbocycles. The fraction of sp³-hybridized carbons (Fsp3) is 0.294. The number of benzene rings is 2. The smallest absolute Gasteiger partial charge is 0.119 e. The average Bonchev–Trinajstić information content (AvgIpc) is 2.49. The van der Waals surface area contributed by atoms with Crippen LogP contribution in [0.1, 0.15) is 19.3 Å². The molecular weight excluding hydrogens is 336 g/mol. The highest BCUT2D eigenvalue weighted by molar-refractivity contribution is 9.09. The minimum atomic E-state index is 0.761. The number of hydrogen-bond acceptors (Lipinski definition) is 1. The van der Waals surface area contributed by atoms with Crippen LogP contribution in [0, 0.1) is 0 Å². The van der Waals surface area contributed by atoms with E-state index in [0.717, 1.165) is 29.1 Å². The lowest BCUT2D eigenvalue weighted by molar-refractivity contribution is 0.306. The van der Waals surface area contributed by atoms with E-state index in [9.17, 15) is 0 Å². The predicted molar refractivity (Wildman–Crippen MR) is 90.0 cm³/mol. The summed E-state index contributed by atoms with van der Waals surface area (Å²) in [4.78, 5) is 0. The molecule has 106 valence electrons. The molecule has 1 nitrogen and oxygen atoms in total. The molecule has 0 aliphatic carbocycles. The van der Waals surface area contributed by atoms with Crippen molar-refractivity contribution in [2.24, 2.45) is 0 Å². The first kappa shape index (κ1) is 15.4. The zero-order valence-electron chi connectivity index (χ0n) is 11.3. The van der Waals surface area contributed by atoms with Crippen molar-refractivity contribution >= 4 is 27.5 Å². The fourth-order valence-corrected chi connectivity index (χ4v) is 2.47. The third-order valence-electron chi connectivity index (χ3n) is 3.08. The minimum absolute atomic E-state index is 0.761. The molecule has 0 N–H and O–H groups in total. The van der Waals surface area contributed by atoms with Gasteiger partial charge in [0.25, 0.3) is 0 Å². The normalized spacial score (nSPS) is 10.5. The number of hydrogen-bond donors (Lipinski definition) is 0. The van der Waals surface area contributed by atoms with Crippen molar-refractivity contribution in [3.05, 3.63) is 53.6 Å². The largest absolute Gasteiger partial charge is 0.494 e. The molecule has 0 saturated heterocycles. The van der Waals surface area contributed by atoms with Crippen LogP contribution in [0.5, 0.6) is 5.75 Å². The number of unbranched alkanes of at least 4 members (excludes halogenated alkanes) is 2. The zero-order chi connectivity index (χ0) is 14.2. The van der Waals surface area contributed by atoms with E-state index in [4.69, 9.17) is 16.3 Å². The summed E-state index contributed by atoms with van der Waals surface area (Å²) in [6, 6.07) is 16.1. The lowest BCUT2D eigenvalue weighted by Gasteiger charge is -2.07. The van der Waals surface area contributed by atoms with Crippen LogP contribution in [0.3, 0.4) is 0 Å². The van der Waals surface area contributed by atoms with Crippen molar-refractivity contribution in [1.29, 1.82) is 0 Å². The van der Waals surface area contributed by atoms with E-state index in [1.807, 2.05) is 36.4 Å². The molecule has 3 heteroatoms. The quantitative estimate of drug-likeness (QED) is 0.441. The van der Waals surface area contributed by atoms with Gasteiger partial charge in [-0.15, -0.1) is 0 Å². The molecule has 0 amide bonds. The second-order valence-corrected chi connectivity index (χ2v) is 5.86. The maximum Gasteiger partial charge on any atom is 0.119 e. The predicted octanol–water partition coefficient (Wildman–Crippen LogP) is 5.95. The van der Waals surface area contributed by atoms with Gasteiger partial charge in [-0.05, 0) is 54.7 Å². The summed E-state index contributed by atoms with van der Waals surface area (Å²) in [6.07, 6.45) is 3.51. The van der Waals surface area contributed by atoms with Gasteiger partial charge < -0.3 is 4.74 Å². The summed E-state index contributed by atoms with van der Waals surface area (Å²) < 4.78 is 5.73. The van der Waals surface area contributed by atoms with Crippen LogP contribution in [0.4, 0.5) is 0 Å². The Balaban J connectivity index is 1.88. The van der Waals surface area contributed by atoms with Crippen molar-refractivity contribution in [1.82, 2.24) is 0 Å². The Labute approximate surface area is 134 Å². The van der Waals surface area contributed by atoms with Gasteiger partial charge >= 0.3 is 0 Å². The van der Waals surface area contributed by atoms with E-state index in [-0.39, 0.29) is 0 Å². The van der Waals surface area contributed by atoms with Crippen LogP contribution in [-0.4, -0.2) is 11.9 Å². The Kier molecular flexibility index (Phi) is 6.41. The monoisotopic (exact) mass is 352 g/mol. The van der Waals surface area contributed by atoms with Crippen LogP contribution in [0.25, 0.3) is 11.1 Å². The summed E-state index contributed by atoms with van der Waals surface area (Å²) in [5, 5.41) is 1.83. The van der Waals surface area contributed by atoms with Gasteiger partial charge in [0.2, 0.25) is 0 Å². The maximum absolute atomic E-state index is 5.89. The van der Waals surface area contributed by atoms with Gasteiger partial charge in [0.15, 0.2) is 0 Å². The Hall–Kier alpha value is -0.990. The van der Waals surface area contributed by atoms with E-state index >= 15 is 0 Å². The zero-order valence-corrected chi connectivity index (χ0v) is 13.7. The van der Waals surface area contributed by atoms with Crippen LogP contribution in [0.2, 0.25) is 5.02 Å². The molecule has 0 unspecified atom stereocenters. The van der Waals surface area contributed by atoms with Gasteiger partial charge in [0.05, 0.1) is 6.61 Å². The van der Waals surface area contributed by atoms with E-state index in [2.05, 4.69) is 28.1 Å². The Bertz CT molecular complexity index is 508. The van der Waals surface area contributed by atoms with Crippen LogP contribution in [-0.2, 0) is 0 Å². The third kappa shape index (κ3) is 4.84. The summed E-state index contributed by atoms with van der Waals surface area (Å²) in [7, 11) is 0. The molecule has 0 bridgehead atoms. The molecule has 0 aromatic heterocycles. The second-order valence-electron chi connectivity index (χ2n) is 4.63. The van der Waals surface area contributed by atoms with Crippen molar-refractivity contribution in [2.75, 3.05) is 11.9 Å². The van der Waals surface area contributed by atoms with Crippen molar-refractivity contribution in [2.45, 2.75) is 19.3 Å². The van der Waals surface area contributed by atoms with Crippen LogP contribution < -0.4 is 4.74 Å². The first-order valence-corrected chi connectivity index (χ1v) is 8.34. The van der Waals surface area contributed by atoms with E-state index in [0.29, 0.717) is 0 Å². The van der Waals surface area contributed by atoms with Gasteiger partial charge in [-0.1, -0.05) is 51.8 Å². The molecule has 2 aromatic rings. The average molecular weight is 354 g/mol. The van der Waals surface area contributed by atoms with E-state index < -0.39 is 0 Å². The SMILES string of the molecule is Clc1ccc(-c2ccc(OCCCCCBr)cc2)cc1. The molecule has 0 aliphatic rings. The van der Waals surface area contributed by atoms with Gasteiger partial charge in [-0.2, -0.15) is 0 Å². The number of halogens is 2. The number of alkyl halides is 1. The van der Waals surface area contributed by atoms with Crippen LogP contribution in [0.15, 0.2) is 48.5 Å². The Morgan fingerprint density at radius 2 is 1.40 bits per heavy atom. The van der Waals surface area contributed by atoms with Gasteiger partial charge in [0, 0.05) is 10.4 Å². The molecule has 0 heterocycles. The highest BCUT2D eigenvalue weighted by Crippen LogP contribution is 2.24. The summed E-state index contributed by atoms with van der Waals surface area (Å²) in [6.45, 7) is 0.785. The second kappa shape index (κ2) is 8.33. The lowest BCUT2D eigenvalue weighted by Crippen LogP contribution is -1.97. The Morgan fingerprint density at radius 1 is 0.800 bits per heavy atom. The highest BCUT2D eigenvalue weighted by Gasteiger charge is 1.99. The molecule has 20 heavy (non-hydrogen) atoms. The van der Waals surface area contributed by atoms with Gasteiger partial charge in [0.1, 0.15) is 5.75 Å². The molecule has 0 radical (unpaired) electrons. The molecule has 0 spiro atoms. The third-order valence-corrected chi connectivity index (χ3v) is 3.89. The molecule has 0 fully saturated rings. The first-order chi connectivity index (χ1) is 9.79. The fourth-order valence-electron chi connectivity index (χ4n) is 1.95. The van der Waals surface area contributed by atoms with Crippen molar-refractivity contribution in [3.63, 3.8) is 0 Å². The maximum atomic E-state index is 5.89. The number of ether oxygens (including phenoxy) is 1. The van der Waals surface area contributed by atoms with Crippen molar-refractivity contribution in [3.8, 4) is 16.9 Å². The molecular formula is C17H18BrClO. The molecule has 0 atom stereocenters. The number of rotatable bonds is 7. The summed E-state index contributed by atoms with van der Waals surface area (Å²) in [5.41, 5.74) is 2.34. The minimum Gasteiger partial charge on any atom is -0.494 e. The molecule has 2 aromatic carbocycles.